The van der Waals surface area contributed by atoms with Gasteiger partial charge in [0.25, 0.3) is 0 Å². The molecule has 0 unspecified atom stereocenters. The summed E-state index contributed by atoms with van der Waals surface area (Å²) in [5, 5.41) is 0.0717. The van der Waals surface area contributed by atoms with Crippen molar-refractivity contribution in [3.8, 4) is 16.9 Å². The van der Waals surface area contributed by atoms with Gasteiger partial charge in [0.15, 0.2) is 0 Å². The molecule has 0 bridgehead atoms. The molecule has 0 spiro atoms. The average molecular weight is 591 g/mol. The van der Waals surface area contributed by atoms with E-state index < -0.39 is 40.8 Å². The number of ether oxygens (including phenoxy) is 2. The molecule has 1 aliphatic heterocycles. The van der Waals surface area contributed by atoms with E-state index in [1.165, 1.54) is 41.6 Å². The van der Waals surface area contributed by atoms with Crippen LogP contribution in [0, 0.1) is 5.82 Å². The second-order valence-electron chi connectivity index (χ2n) is 10.7. The minimum Gasteiger partial charge on any atom is -0.444 e. The lowest BCUT2D eigenvalue weighted by Crippen LogP contribution is -2.44. The zero-order valence-electron chi connectivity index (χ0n) is 22.7. The van der Waals surface area contributed by atoms with E-state index in [0.29, 0.717) is 28.0 Å². The molecule has 5 rings (SSSR count). The maximum atomic E-state index is 15.4. The molecule has 3 heterocycles. The quantitative estimate of drug-likeness (QED) is 0.260. The number of fused-ring (bicyclic) bond motifs is 3. The molecule has 0 saturated heterocycles. The van der Waals surface area contributed by atoms with E-state index in [1.54, 1.807) is 49.6 Å². The van der Waals surface area contributed by atoms with Gasteiger partial charge in [0, 0.05) is 41.8 Å². The van der Waals surface area contributed by atoms with E-state index in [4.69, 9.17) is 9.47 Å². The molecule has 2 aromatic heterocycles. The maximum Gasteiger partial charge on any atom is 0.410 e. The highest BCUT2D eigenvalue weighted by Crippen LogP contribution is 2.43. The lowest BCUT2D eigenvalue weighted by molar-refractivity contribution is -0.0509. The first-order valence-corrected chi connectivity index (χ1v) is 14.6. The fourth-order valence-electron chi connectivity index (χ4n) is 4.80. The number of nitrogens with zero attached hydrogens (tertiary/aromatic N) is 4. The number of halogens is 3. The van der Waals surface area contributed by atoms with E-state index in [-0.39, 0.29) is 29.4 Å². The van der Waals surface area contributed by atoms with Gasteiger partial charge in [0.2, 0.25) is 0 Å². The molecule has 4 aromatic rings. The van der Waals surface area contributed by atoms with E-state index >= 15 is 4.39 Å². The number of para-hydroxylation sites is 1. The predicted molar refractivity (Wildman–Crippen MR) is 148 cm³/mol. The molecule has 2 aromatic carbocycles. The molecule has 41 heavy (non-hydrogen) atoms. The van der Waals surface area contributed by atoms with Gasteiger partial charge in [-0.15, -0.1) is 0 Å². The normalized spacial score (nSPS) is 16.1. The molecule has 0 fully saturated rings. The van der Waals surface area contributed by atoms with Gasteiger partial charge in [-0.2, -0.15) is 19.4 Å². The number of pyridine rings is 1. The number of hydrogen-bond acceptors (Lipinski definition) is 7. The zero-order valence-corrected chi connectivity index (χ0v) is 23.5. The SMILES string of the molecule is CC(C)(C)OC(=O)N1Cc2nc3cc(F)c(-c4ccc(S(C)(O)O)nc4)cc3n2[C@H](c2ccccc2OC(F)F)C1. The van der Waals surface area contributed by atoms with Crippen molar-refractivity contribution < 1.29 is 36.5 Å². The second kappa shape index (κ2) is 10.5. The molecule has 0 saturated carbocycles. The van der Waals surface area contributed by atoms with Gasteiger partial charge in [-0.05, 0) is 45.0 Å². The first-order valence-electron chi connectivity index (χ1n) is 12.6. The molecular weight excluding hydrogens is 561 g/mol. The zero-order chi connectivity index (χ0) is 29.7. The van der Waals surface area contributed by atoms with Crippen LogP contribution in [-0.4, -0.2) is 59.6 Å². The number of rotatable bonds is 5. The van der Waals surface area contributed by atoms with Crippen LogP contribution in [0.3, 0.4) is 0 Å². The summed E-state index contributed by atoms with van der Waals surface area (Å²) in [5.41, 5.74) is 0.978. The minimum atomic E-state index is -3.07. The fourth-order valence-corrected chi connectivity index (χ4v) is 5.38. The molecule has 13 heteroatoms. The van der Waals surface area contributed by atoms with Crippen LogP contribution < -0.4 is 4.74 Å². The summed E-state index contributed by atoms with van der Waals surface area (Å²) in [6, 6.07) is 11.4. The highest BCUT2D eigenvalue weighted by atomic mass is 32.3. The summed E-state index contributed by atoms with van der Waals surface area (Å²) in [6.45, 7) is 2.23. The average Bonchev–Trinajstić information content (AvgIpc) is 3.23. The van der Waals surface area contributed by atoms with Gasteiger partial charge in [0.1, 0.15) is 28.0 Å². The molecule has 0 aliphatic carbocycles. The van der Waals surface area contributed by atoms with Crippen molar-refractivity contribution in [2.24, 2.45) is 0 Å². The number of carbonyl (C=O) groups excluding carboxylic acids is 1. The Hall–Kier alpha value is -3.81. The Morgan fingerprint density at radius 1 is 1.15 bits per heavy atom. The van der Waals surface area contributed by atoms with Crippen LogP contribution in [0.1, 0.15) is 38.2 Å². The predicted octanol–water partition coefficient (Wildman–Crippen LogP) is 6.92. The van der Waals surface area contributed by atoms with Crippen LogP contribution in [0.4, 0.5) is 18.0 Å². The molecule has 1 amide bonds. The molecule has 1 aliphatic rings. The van der Waals surface area contributed by atoms with Gasteiger partial charge in [-0.1, -0.05) is 18.2 Å². The van der Waals surface area contributed by atoms with Crippen molar-refractivity contribution in [1.29, 1.82) is 0 Å². The maximum absolute atomic E-state index is 15.4. The van der Waals surface area contributed by atoms with Crippen molar-refractivity contribution in [2.75, 3.05) is 12.8 Å². The summed E-state index contributed by atoms with van der Waals surface area (Å²) < 4.78 is 74.0. The number of amides is 1. The van der Waals surface area contributed by atoms with E-state index in [9.17, 15) is 22.7 Å². The lowest BCUT2D eigenvalue weighted by atomic mass is 10.0. The number of imidazole rings is 1. The van der Waals surface area contributed by atoms with Crippen LogP contribution in [0.5, 0.6) is 5.75 Å². The molecule has 2 N–H and O–H groups in total. The topological polar surface area (TPSA) is 110 Å². The summed E-state index contributed by atoms with van der Waals surface area (Å²) >= 11 is 0. The van der Waals surface area contributed by atoms with Gasteiger partial charge in [0.05, 0.1) is 23.6 Å². The first kappa shape index (κ1) is 28.7. The van der Waals surface area contributed by atoms with Gasteiger partial charge in [-0.25, -0.2) is 19.2 Å². The van der Waals surface area contributed by atoms with Gasteiger partial charge < -0.3 is 14.0 Å². The van der Waals surface area contributed by atoms with Gasteiger partial charge >= 0.3 is 12.7 Å². The van der Waals surface area contributed by atoms with Crippen molar-refractivity contribution >= 4 is 27.7 Å². The lowest BCUT2D eigenvalue weighted by Gasteiger charge is -2.36. The Balaban J connectivity index is 1.66. The Morgan fingerprint density at radius 3 is 2.51 bits per heavy atom. The summed E-state index contributed by atoms with van der Waals surface area (Å²) in [5.74, 6) is -0.251. The molecule has 1 atom stereocenters. The third-order valence-corrected chi connectivity index (χ3v) is 7.51. The second-order valence-corrected chi connectivity index (χ2v) is 12.8. The van der Waals surface area contributed by atoms with Crippen molar-refractivity contribution in [1.82, 2.24) is 19.4 Å². The molecule has 9 nitrogen and oxygen atoms in total. The summed E-state index contributed by atoms with van der Waals surface area (Å²) in [7, 11) is -3.05. The van der Waals surface area contributed by atoms with Crippen LogP contribution >= 0.6 is 10.6 Å². The molecule has 218 valence electrons. The Kier molecular flexibility index (Phi) is 7.38. The summed E-state index contributed by atoms with van der Waals surface area (Å²) in [6.07, 6.45) is 1.99. The Labute approximate surface area is 235 Å². The fraction of sp³-hybridized carbons (Fsp3) is 0.321. The van der Waals surface area contributed by atoms with E-state index in [2.05, 4.69) is 9.97 Å². The first-order chi connectivity index (χ1) is 19.2. The third-order valence-electron chi connectivity index (χ3n) is 6.48. The van der Waals surface area contributed by atoms with Crippen LogP contribution in [-0.2, 0) is 11.3 Å². The standard InChI is InChI=1S/C28H29F3N4O5S/c1-28(2,3)40-27(36)34-14-22(17-7-5-6-8-23(17)39-26(30)31)35-21-11-18(19(29)12-20(21)33-24(35)15-34)16-9-10-25(32-13-16)41(4,37)38/h5-13,22,26,37-38H,14-15H2,1-4H3/t22-/m0/s1. The van der Waals surface area contributed by atoms with Crippen molar-refractivity contribution in [3.05, 3.63) is 71.9 Å². The highest BCUT2D eigenvalue weighted by Gasteiger charge is 2.35. The number of alkyl halides is 2. The van der Waals surface area contributed by atoms with E-state index in [1.807, 2.05) is 0 Å². The Bertz CT molecular complexity index is 1600. The number of carbonyl (C=O) groups is 1. The van der Waals surface area contributed by atoms with E-state index in [0.717, 1.165) is 0 Å². The third kappa shape index (κ3) is 5.97. The molecular formula is C28H29F3N4O5S. The number of hydrogen-bond donors (Lipinski definition) is 2. The monoisotopic (exact) mass is 590 g/mol. The Morgan fingerprint density at radius 2 is 1.88 bits per heavy atom. The number of benzene rings is 2. The van der Waals surface area contributed by atoms with Crippen molar-refractivity contribution in [2.45, 2.75) is 50.6 Å². The largest absolute Gasteiger partial charge is 0.444 e. The number of aromatic nitrogens is 3. The highest BCUT2D eigenvalue weighted by molar-refractivity contribution is 8.23. The smallest absolute Gasteiger partial charge is 0.410 e. The van der Waals surface area contributed by atoms with Crippen molar-refractivity contribution in [3.63, 3.8) is 0 Å². The van der Waals surface area contributed by atoms with Crippen LogP contribution in [0.15, 0.2) is 59.8 Å². The van der Waals surface area contributed by atoms with Gasteiger partial charge in [-0.3, -0.25) is 14.0 Å². The minimum absolute atomic E-state index is 0.0412. The molecule has 0 radical (unpaired) electrons. The van der Waals surface area contributed by atoms with Crippen LogP contribution in [0.2, 0.25) is 0 Å². The summed E-state index contributed by atoms with van der Waals surface area (Å²) in [4.78, 5) is 23.2. The van der Waals surface area contributed by atoms with Crippen LogP contribution in [0.25, 0.3) is 22.2 Å².